The summed E-state index contributed by atoms with van der Waals surface area (Å²) in [4.78, 5) is 12.7. The molecular formula is C18H29ClN4O3. The summed E-state index contributed by atoms with van der Waals surface area (Å²) in [6, 6.07) is 7.70. The van der Waals surface area contributed by atoms with Gasteiger partial charge in [0.25, 0.3) is 0 Å². The highest BCUT2D eigenvalue weighted by molar-refractivity contribution is 5.85. The average Bonchev–Trinajstić information content (AvgIpc) is 3.07. The van der Waals surface area contributed by atoms with Gasteiger partial charge in [-0.15, -0.1) is 12.4 Å². The number of hydrazine groups is 1. The van der Waals surface area contributed by atoms with Crippen LogP contribution in [0.3, 0.4) is 0 Å². The van der Waals surface area contributed by atoms with Crippen molar-refractivity contribution >= 4 is 18.3 Å². The van der Waals surface area contributed by atoms with E-state index in [4.69, 9.17) is 9.47 Å². The molecule has 1 aromatic carbocycles. The number of amides is 1. The number of hydrogen-bond donors (Lipinski definition) is 4. The van der Waals surface area contributed by atoms with E-state index >= 15 is 0 Å². The molecule has 2 fully saturated rings. The first-order valence-corrected chi connectivity index (χ1v) is 8.83. The monoisotopic (exact) mass is 384 g/mol. The van der Waals surface area contributed by atoms with Crippen LogP contribution < -0.4 is 26.2 Å². The van der Waals surface area contributed by atoms with Gasteiger partial charge in [-0.25, -0.2) is 5.43 Å². The molecule has 2 heterocycles. The molecule has 7 nitrogen and oxygen atoms in total. The predicted octanol–water partition coefficient (Wildman–Crippen LogP) is 0.764. The van der Waals surface area contributed by atoms with Crippen LogP contribution in [0, 0.1) is 5.92 Å². The Labute approximate surface area is 161 Å². The Balaban J connectivity index is 0.00000243. The van der Waals surface area contributed by atoms with Crippen molar-refractivity contribution in [2.45, 2.75) is 37.6 Å². The van der Waals surface area contributed by atoms with Crippen molar-refractivity contribution in [2.75, 3.05) is 27.3 Å². The van der Waals surface area contributed by atoms with Gasteiger partial charge in [-0.3, -0.25) is 10.2 Å². The molecule has 26 heavy (non-hydrogen) atoms. The Hall–Kier alpha value is -1.38. The van der Waals surface area contributed by atoms with Gasteiger partial charge in [-0.1, -0.05) is 12.1 Å². The Morgan fingerprint density at radius 3 is 2.62 bits per heavy atom. The summed E-state index contributed by atoms with van der Waals surface area (Å²) in [5.41, 5.74) is 7.42. The Bertz CT molecular complexity index is 586. The maximum atomic E-state index is 12.7. The van der Waals surface area contributed by atoms with E-state index in [1.165, 1.54) is 0 Å². The van der Waals surface area contributed by atoms with Gasteiger partial charge in [-0.05, 0) is 37.6 Å². The van der Waals surface area contributed by atoms with Crippen molar-refractivity contribution in [3.05, 3.63) is 29.8 Å². The molecule has 0 bridgehead atoms. The first-order valence-electron chi connectivity index (χ1n) is 8.83. The first-order chi connectivity index (χ1) is 12.1. The summed E-state index contributed by atoms with van der Waals surface area (Å²) >= 11 is 0. The lowest BCUT2D eigenvalue weighted by Gasteiger charge is -2.29. The van der Waals surface area contributed by atoms with Crippen molar-refractivity contribution in [3.8, 4) is 5.75 Å². The van der Waals surface area contributed by atoms with Gasteiger partial charge >= 0.3 is 0 Å². The van der Waals surface area contributed by atoms with Gasteiger partial charge in [0.15, 0.2) is 0 Å². The Morgan fingerprint density at radius 1 is 1.23 bits per heavy atom. The second kappa shape index (κ2) is 9.53. The van der Waals surface area contributed by atoms with Crippen molar-refractivity contribution in [1.29, 1.82) is 0 Å². The van der Waals surface area contributed by atoms with E-state index in [0.717, 1.165) is 30.8 Å². The smallest absolute Gasteiger partial charge is 0.239 e. The van der Waals surface area contributed by atoms with Crippen molar-refractivity contribution < 1.29 is 14.3 Å². The number of fused-ring (bicyclic) bond motifs is 1. The van der Waals surface area contributed by atoms with Gasteiger partial charge in [0.05, 0.1) is 13.2 Å². The van der Waals surface area contributed by atoms with Gasteiger partial charge < -0.3 is 20.1 Å². The molecule has 0 spiro atoms. The molecule has 1 aromatic rings. The van der Waals surface area contributed by atoms with Crippen LogP contribution in [0.5, 0.6) is 5.75 Å². The number of nitrogens with one attached hydrogen (secondary N) is 4. The fourth-order valence-electron chi connectivity index (χ4n) is 3.79. The fourth-order valence-corrected chi connectivity index (χ4v) is 3.79. The zero-order chi connectivity index (χ0) is 17.8. The van der Waals surface area contributed by atoms with Crippen LogP contribution in [0.25, 0.3) is 0 Å². The highest BCUT2D eigenvalue weighted by Crippen LogP contribution is 2.24. The zero-order valence-corrected chi connectivity index (χ0v) is 16.3. The van der Waals surface area contributed by atoms with Gasteiger partial charge in [0.1, 0.15) is 17.9 Å². The minimum absolute atomic E-state index is 0. The summed E-state index contributed by atoms with van der Waals surface area (Å²) in [6.07, 6.45) is 0.813. The molecular weight excluding hydrogens is 356 g/mol. The number of rotatable bonds is 6. The molecule has 0 aromatic heterocycles. The van der Waals surface area contributed by atoms with E-state index in [9.17, 15) is 4.79 Å². The Morgan fingerprint density at radius 2 is 1.96 bits per heavy atom. The molecule has 2 aliphatic rings. The van der Waals surface area contributed by atoms with E-state index in [1.807, 2.05) is 31.2 Å². The summed E-state index contributed by atoms with van der Waals surface area (Å²) in [7, 11) is 3.30. The number of hydrogen-bond acceptors (Lipinski definition) is 6. The number of ether oxygens (including phenoxy) is 2. The lowest BCUT2D eigenvalue weighted by atomic mass is 9.89. The Kier molecular flexibility index (Phi) is 7.67. The van der Waals surface area contributed by atoms with Crippen molar-refractivity contribution in [1.82, 2.24) is 21.5 Å². The third kappa shape index (κ3) is 4.47. The van der Waals surface area contributed by atoms with Crippen molar-refractivity contribution in [2.24, 2.45) is 5.92 Å². The van der Waals surface area contributed by atoms with E-state index in [0.29, 0.717) is 6.04 Å². The van der Waals surface area contributed by atoms with E-state index in [1.54, 1.807) is 14.2 Å². The molecule has 0 radical (unpaired) electrons. The second-order valence-corrected chi connectivity index (χ2v) is 6.76. The maximum Gasteiger partial charge on any atom is 0.239 e. The summed E-state index contributed by atoms with van der Waals surface area (Å²) in [6.45, 7) is 3.81. The minimum Gasteiger partial charge on any atom is -0.497 e. The van der Waals surface area contributed by atoms with Crippen LogP contribution in [0.4, 0.5) is 0 Å². The molecule has 146 valence electrons. The van der Waals surface area contributed by atoms with Crippen LogP contribution in [-0.2, 0) is 9.53 Å². The molecule has 8 heteroatoms. The van der Waals surface area contributed by atoms with Crippen LogP contribution >= 0.6 is 12.4 Å². The fraction of sp³-hybridized carbons (Fsp3) is 0.611. The topological polar surface area (TPSA) is 83.7 Å². The van der Waals surface area contributed by atoms with Crippen LogP contribution in [0.1, 0.15) is 25.0 Å². The maximum absolute atomic E-state index is 12.7. The molecule has 2 saturated heterocycles. The second-order valence-electron chi connectivity index (χ2n) is 6.76. The van der Waals surface area contributed by atoms with E-state index in [2.05, 4.69) is 21.5 Å². The third-order valence-corrected chi connectivity index (χ3v) is 5.19. The van der Waals surface area contributed by atoms with E-state index < -0.39 is 0 Å². The molecule has 4 N–H and O–H groups in total. The van der Waals surface area contributed by atoms with Gasteiger partial charge in [-0.2, -0.15) is 0 Å². The van der Waals surface area contributed by atoms with Crippen LogP contribution in [0.15, 0.2) is 24.3 Å². The SMILES string of the molecule is COc1ccc(C(OC)C(C)NC(=O)C2NNC3CCNCC32)cc1.Cl. The lowest BCUT2D eigenvalue weighted by molar-refractivity contribution is -0.125. The quantitative estimate of drug-likeness (QED) is 0.579. The molecule has 2 aliphatic heterocycles. The average molecular weight is 385 g/mol. The predicted molar refractivity (Wildman–Crippen MR) is 102 cm³/mol. The molecule has 0 aliphatic carbocycles. The van der Waals surface area contributed by atoms with Gasteiger partial charge in [0, 0.05) is 25.6 Å². The number of carbonyl (C=O) groups excluding carboxylic acids is 1. The molecule has 3 rings (SSSR count). The van der Waals surface area contributed by atoms with Gasteiger partial charge in [0.2, 0.25) is 5.91 Å². The minimum atomic E-state index is -0.228. The largest absolute Gasteiger partial charge is 0.497 e. The number of halogens is 1. The first kappa shape index (κ1) is 20.9. The number of methoxy groups -OCH3 is 2. The zero-order valence-electron chi connectivity index (χ0n) is 15.5. The third-order valence-electron chi connectivity index (χ3n) is 5.19. The van der Waals surface area contributed by atoms with E-state index in [-0.39, 0.29) is 42.4 Å². The summed E-state index contributed by atoms with van der Waals surface area (Å²) in [5.74, 6) is 1.07. The number of carbonyl (C=O) groups is 1. The number of piperidine rings is 1. The number of benzene rings is 1. The summed E-state index contributed by atoms with van der Waals surface area (Å²) < 4.78 is 10.8. The van der Waals surface area contributed by atoms with Crippen LogP contribution in [0.2, 0.25) is 0 Å². The van der Waals surface area contributed by atoms with Crippen LogP contribution in [-0.4, -0.2) is 51.3 Å². The lowest BCUT2D eigenvalue weighted by Crippen LogP contribution is -2.52. The van der Waals surface area contributed by atoms with Crippen molar-refractivity contribution in [3.63, 3.8) is 0 Å². The highest BCUT2D eigenvalue weighted by atomic mass is 35.5. The normalized spacial score (nSPS) is 27.0. The molecule has 1 amide bonds. The summed E-state index contributed by atoms with van der Waals surface area (Å²) in [5, 5.41) is 6.48. The standard InChI is InChI=1S/C18H28N4O3.ClH/c1-11(17(25-3)12-4-6-13(24-2)7-5-12)20-18(23)16-14-10-19-9-8-15(14)21-22-16;/h4-7,11,14-17,19,21-22H,8-10H2,1-3H3,(H,20,23);1H. The molecule has 5 unspecified atom stereocenters. The highest BCUT2D eigenvalue weighted by Gasteiger charge is 2.41. The molecule has 5 atom stereocenters. The molecule has 0 saturated carbocycles.